The summed E-state index contributed by atoms with van der Waals surface area (Å²) in [6, 6.07) is 13.7. The molecule has 174 valence electrons. The zero-order valence-electron chi connectivity index (χ0n) is 19.1. The molecule has 0 aliphatic rings. The molecule has 3 aromatic carbocycles. The van der Waals surface area contributed by atoms with E-state index in [-0.39, 0.29) is 5.82 Å². The summed E-state index contributed by atoms with van der Waals surface area (Å²) in [6.45, 7) is 0. The van der Waals surface area contributed by atoms with Crippen molar-refractivity contribution < 1.29 is 28.1 Å². The Bertz CT molecular complexity index is 1090. The fourth-order valence-corrected chi connectivity index (χ4v) is 3.89. The minimum absolute atomic E-state index is 0.285. The van der Waals surface area contributed by atoms with Gasteiger partial charge in [0, 0.05) is 10.5 Å². The lowest BCUT2D eigenvalue weighted by Gasteiger charge is -2.16. The van der Waals surface area contributed by atoms with Gasteiger partial charge in [-0.2, -0.15) is 0 Å². The van der Waals surface area contributed by atoms with Crippen LogP contribution >= 0.6 is 11.9 Å². The van der Waals surface area contributed by atoms with Crippen molar-refractivity contribution in [3.8, 4) is 28.7 Å². The third-order valence-electron chi connectivity index (χ3n) is 4.80. The quantitative estimate of drug-likeness (QED) is 0.281. The highest BCUT2D eigenvalue weighted by Crippen LogP contribution is 2.42. The lowest BCUT2D eigenvalue weighted by Crippen LogP contribution is -1.98. The molecular formula is C25H26FNO5S. The lowest BCUT2D eigenvalue weighted by molar-refractivity contribution is 0.324. The molecule has 0 radical (unpaired) electrons. The van der Waals surface area contributed by atoms with E-state index in [1.807, 2.05) is 36.4 Å². The van der Waals surface area contributed by atoms with Crippen molar-refractivity contribution in [1.29, 1.82) is 0 Å². The van der Waals surface area contributed by atoms with E-state index in [1.54, 1.807) is 47.7 Å². The summed E-state index contributed by atoms with van der Waals surface area (Å²) in [4.78, 5) is 0.848. The first kappa shape index (κ1) is 24.1. The van der Waals surface area contributed by atoms with Gasteiger partial charge in [-0.1, -0.05) is 12.2 Å². The van der Waals surface area contributed by atoms with Gasteiger partial charge in [-0.3, -0.25) is 0 Å². The fourth-order valence-electron chi connectivity index (χ4n) is 3.18. The van der Waals surface area contributed by atoms with E-state index in [9.17, 15) is 4.39 Å². The number of halogens is 1. The number of methoxy groups -OCH3 is 5. The summed E-state index contributed by atoms with van der Waals surface area (Å²) in [5.74, 6) is 2.51. The first-order chi connectivity index (χ1) is 16.0. The summed E-state index contributed by atoms with van der Waals surface area (Å²) in [6.07, 6.45) is 3.87. The van der Waals surface area contributed by atoms with Gasteiger partial charge in [0.15, 0.2) is 23.0 Å². The van der Waals surface area contributed by atoms with Crippen molar-refractivity contribution in [3.63, 3.8) is 0 Å². The van der Waals surface area contributed by atoms with Crippen LogP contribution in [0.15, 0.2) is 53.4 Å². The van der Waals surface area contributed by atoms with Crippen LogP contribution in [0, 0.1) is 5.82 Å². The third-order valence-corrected chi connectivity index (χ3v) is 5.62. The van der Waals surface area contributed by atoms with Gasteiger partial charge >= 0.3 is 0 Å². The van der Waals surface area contributed by atoms with Crippen LogP contribution in [0.2, 0.25) is 0 Å². The molecule has 6 nitrogen and oxygen atoms in total. The van der Waals surface area contributed by atoms with Crippen molar-refractivity contribution in [3.05, 3.63) is 65.5 Å². The smallest absolute Gasteiger partial charge is 0.203 e. The molecule has 0 aromatic heterocycles. The molecule has 0 atom stereocenters. The molecule has 0 bridgehead atoms. The van der Waals surface area contributed by atoms with Crippen molar-refractivity contribution >= 4 is 29.8 Å². The molecule has 1 N–H and O–H groups in total. The van der Waals surface area contributed by atoms with E-state index in [0.29, 0.717) is 28.7 Å². The summed E-state index contributed by atoms with van der Waals surface area (Å²) in [5, 5.41) is 0. The molecule has 0 saturated heterocycles. The second-order valence-corrected chi connectivity index (χ2v) is 7.60. The molecule has 33 heavy (non-hydrogen) atoms. The van der Waals surface area contributed by atoms with Gasteiger partial charge in [-0.15, -0.1) is 0 Å². The molecule has 0 fully saturated rings. The van der Waals surface area contributed by atoms with Crippen LogP contribution in [-0.2, 0) is 0 Å². The Morgan fingerprint density at radius 3 is 1.85 bits per heavy atom. The number of anilines is 1. The molecule has 0 saturated carbocycles. The van der Waals surface area contributed by atoms with Gasteiger partial charge in [0.1, 0.15) is 5.82 Å². The number of benzene rings is 3. The molecule has 0 aliphatic heterocycles. The predicted molar refractivity (Wildman–Crippen MR) is 130 cm³/mol. The van der Waals surface area contributed by atoms with Gasteiger partial charge in [0.05, 0.1) is 41.2 Å². The van der Waals surface area contributed by atoms with Crippen molar-refractivity contribution in [2.24, 2.45) is 0 Å². The maximum atomic E-state index is 13.2. The number of rotatable bonds is 10. The van der Waals surface area contributed by atoms with Gasteiger partial charge < -0.3 is 28.4 Å². The van der Waals surface area contributed by atoms with Crippen molar-refractivity contribution in [2.45, 2.75) is 4.90 Å². The molecule has 0 spiro atoms. The number of ether oxygens (including phenoxy) is 5. The Morgan fingerprint density at radius 1 is 0.697 bits per heavy atom. The average Bonchev–Trinajstić information content (AvgIpc) is 2.85. The predicted octanol–water partition coefficient (Wildman–Crippen LogP) is 6.16. The molecule has 0 unspecified atom stereocenters. The van der Waals surface area contributed by atoms with Crippen molar-refractivity contribution in [1.82, 2.24) is 0 Å². The van der Waals surface area contributed by atoms with Crippen LogP contribution in [0.3, 0.4) is 0 Å². The number of hydrogen-bond acceptors (Lipinski definition) is 7. The van der Waals surface area contributed by atoms with E-state index >= 15 is 0 Å². The highest BCUT2D eigenvalue weighted by molar-refractivity contribution is 8.00. The average molecular weight is 472 g/mol. The molecule has 3 rings (SSSR count). The van der Waals surface area contributed by atoms with E-state index in [4.69, 9.17) is 23.7 Å². The highest BCUT2D eigenvalue weighted by Gasteiger charge is 2.15. The van der Waals surface area contributed by atoms with E-state index < -0.39 is 0 Å². The van der Waals surface area contributed by atoms with E-state index in [0.717, 1.165) is 21.7 Å². The zero-order valence-corrected chi connectivity index (χ0v) is 19.9. The normalized spacial score (nSPS) is 10.7. The fraction of sp³-hybridized carbons (Fsp3) is 0.200. The monoisotopic (exact) mass is 471 g/mol. The molecule has 0 heterocycles. The van der Waals surface area contributed by atoms with Gasteiger partial charge in [-0.25, -0.2) is 4.39 Å². The Labute approximate surface area is 197 Å². The molecule has 0 aliphatic carbocycles. The molecular weight excluding hydrogens is 445 g/mol. The summed E-state index contributed by atoms with van der Waals surface area (Å²) >= 11 is 1.34. The zero-order chi connectivity index (χ0) is 23.8. The Kier molecular flexibility index (Phi) is 8.32. The van der Waals surface area contributed by atoms with Crippen LogP contribution < -0.4 is 28.4 Å². The van der Waals surface area contributed by atoms with Gasteiger partial charge in [0.25, 0.3) is 0 Å². The number of nitrogens with one attached hydrogen (secondary N) is 1. The van der Waals surface area contributed by atoms with E-state index in [2.05, 4.69) is 4.72 Å². The molecule has 8 heteroatoms. The lowest BCUT2D eigenvalue weighted by atomic mass is 10.1. The Hall–Kier alpha value is -3.52. The minimum Gasteiger partial charge on any atom is -0.493 e. The minimum atomic E-state index is -0.285. The second kappa shape index (κ2) is 11.4. The van der Waals surface area contributed by atoms with Crippen molar-refractivity contribution in [2.75, 3.05) is 40.3 Å². The largest absolute Gasteiger partial charge is 0.493 e. The van der Waals surface area contributed by atoms with Crippen LogP contribution in [0.5, 0.6) is 28.7 Å². The Balaban J connectivity index is 1.98. The van der Waals surface area contributed by atoms with Crippen LogP contribution in [0.4, 0.5) is 10.1 Å². The molecule has 0 amide bonds. The first-order valence-corrected chi connectivity index (χ1v) is 10.8. The Morgan fingerprint density at radius 2 is 1.30 bits per heavy atom. The summed E-state index contributed by atoms with van der Waals surface area (Å²) in [5.41, 5.74) is 2.43. The summed E-state index contributed by atoms with van der Waals surface area (Å²) < 4.78 is 43.9. The SMILES string of the molecule is COc1cc(/C=C\c2ccc(OC)c(OC)c2NSc2ccc(F)cc2)cc(OC)c1OC. The van der Waals surface area contributed by atoms with Crippen LogP contribution in [-0.4, -0.2) is 35.5 Å². The number of hydrogen-bond donors (Lipinski definition) is 1. The van der Waals surface area contributed by atoms with Crippen LogP contribution in [0.1, 0.15) is 11.1 Å². The summed E-state index contributed by atoms with van der Waals surface area (Å²) in [7, 11) is 7.89. The topological polar surface area (TPSA) is 58.2 Å². The van der Waals surface area contributed by atoms with Gasteiger partial charge in [0.2, 0.25) is 5.75 Å². The maximum Gasteiger partial charge on any atom is 0.203 e. The van der Waals surface area contributed by atoms with Gasteiger partial charge in [-0.05, 0) is 66.0 Å². The first-order valence-electron chi connectivity index (χ1n) is 9.96. The highest BCUT2D eigenvalue weighted by atomic mass is 32.2. The second-order valence-electron chi connectivity index (χ2n) is 6.72. The molecule has 3 aromatic rings. The maximum absolute atomic E-state index is 13.2. The third kappa shape index (κ3) is 5.64. The standard InChI is InChI=1S/C25H26FNO5S/c1-28-20-13-8-17(7-6-16-14-21(29-2)24(31-4)22(15-16)30-3)23(25(20)32-5)27-33-19-11-9-18(26)10-12-19/h6-15,27H,1-5H3/b7-6-. The van der Waals surface area contributed by atoms with E-state index in [1.165, 1.54) is 24.1 Å². The van der Waals surface area contributed by atoms with Crippen LogP contribution in [0.25, 0.3) is 12.2 Å².